The molecule has 0 aliphatic carbocycles. The molecule has 0 aliphatic heterocycles. The van der Waals surface area contributed by atoms with Crippen LogP contribution in [-0.4, -0.2) is 25.9 Å². The highest BCUT2D eigenvalue weighted by Crippen LogP contribution is 2.23. The second-order valence-corrected chi connectivity index (χ2v) is 8.54. The number of nitrogens with one attached hydrogen (secondary N) is 1. The monoisotopic (exact) mass is 427 g/mol. The number of hydrogen-bond donors (Lipinski definition) is 1. The first-order valence-corrected chi connectivity index (χ1v) is 11.0. The molecule has 1 heterocycles. The molecule has 3 rings (SSSR count). The maximum Gasteiger partial charge on any atom is 0.338 e. The second kappa shape index (κ2) is 9.43. The molecule has 9 heteroatoms. The van der Waals surface area contributed by atoms with Crippen molar-refractivity contribution < 1.29 is 17.9 Å². The average molecular weight is 428 g/mol. The third-order valence-electron chi connectivity index (χ3n) is 3.85. The first-order chi connectivity index (χ1) is 14.0. The largest absolute Gasteiger partial charge is 0.456 e. The minimum absolute atomic E-state index is 0.0130. The fourth-order valence-electron chi connectivity index (χ4n) is 2.40. The molecule has 0 saturated carbocycles. The lowest BCUT2D eigenvalue weighted by Gasteiger charge is -2.06. The molecule has 7 nitrogen and oxygen atoms in total. The van der Waals surface area contributed by atoms with E-state index >= 15 is 0 Å². The third kappa shape index (κ3) is 5.48. The van der Waals surface area contributed by atoms with E-state index in [0.29, 0.717) is 5.69 Å². The van der Waals surface area contributed by atoms with Crippen molar-refractivity contribution in [3.63, 3.8) is 0 Å². The van der Waals surface area contributed by atoms with Gasteiger partial charge in [0.2, 0.25) is 10.0 Å². The highest BCUT2D eigenvalue weighted by Gasteiger charge is 2.15. The summed E-state index contributed by atoms with van der Waals surface area (Å²) in [6.45, 7) is 0.0547. The topological polar surface area (TPSA) is 109 Å². The van der Waals surface area contributed by atoms with Crippen LogP contribution in [0.15, 0.2) is 64.9 Å². The first kappa shape index (κ1) is 20.7. The summed E-state index contributed by atoms with van der Waals surface area (Å²) in [6.07, 6.45) is 0.0756. The molecule has 0 atom stereocenters. The third-order valence-corrected chi connectivity index (χ3v) is 6.27. The van der Waals surface area contributed by atoms with Crippen molar-refractivity contribution in [1.29, 1.82) is 5.26 Å². The van der Waals surface area contributed by atoms with Crippen molar-refractivity contribution >= 4 is 27.3 Å². The Morgan fingerprint density at radius 1 is 1.14 bits per heavy atom. The Hall–Kier alpha value is -3.06. The molecule has 1 N–H and O–H groups in total. The molecule has 0 amide bonds. The van der Waals surface area contributed by atoms with Gasteiger partial charge in [-0.15, -0.1) is 11.3 Å². The van der Waals surface area contributed by atoms with Crippen LogP contribution in [0.25, 0.3) is 10.6 Å². The predicted molar refractivity (Wildman–Crippen MR) is 109 cm³/mol. The van der Waals surface area contributed by atoms with Gasteiger partial charge < -0.3 is 4.74 Å². The summed E-state index contributed by atoms with van der Waals surface area (Å²) in [5.74, 6) is -0.569. The van der Waals surface area contributed by atoms with Gasteiger partial charge in [0, 0.05) is 23.9 Å². The molecule has 148 valence electrons. The average Bonchev–Trinajstić information content (AvgIpc) is 3.22. The zero-order chi connectivity index (χ0) is 20.7. The minimum Gasteiger partial charge on any atom is -0.456 e. The van der Waals surface area contributed by atoms with Crippen LogP contribution in [0.4, 0.5) is 0 Å². The molecule has 0 radical (unpaired) electrons. The maximum atomic E-state index is 12.2. The number of esters is 1. The number of carbonyl (C=O) groups excluding carboxylic acids is 1. The van der Waals surface area contributed by atoms with Crippen molar-refractivity contribution in [2.45, 2.75) is 17.9 Å². The van der Waals surface area contributed by atoms with E-state index in [1.807, 2.05) is 41.8 Å². The van der Waals surface area contributed by atoms with Gasteiger partial charge in [-0.05, 0) is 24.3 Å². The lowest BCUT2D eigenvalue weighted by Crippen LogP contribution is -2.24. The van der Waals surface area contributed by atoms with Crippen LogP contribution in [0.2, 0.25) is 0 Å². The predicted octanol–water partition coefficient (Wildman–Crippen LogP) is 3.36. The van der Waals surface area contributed by atoms with Crippen molar-refractivity contribution in [3.8, 4) is 16.6 Å². The van der Waals surface area contributed by atoms with Gasteiger partial charge in [-0.2, -0.15) is 5.26 Å². The number of benzene rings is 2. The van der Waals surface area contributed by atoms with E-state index in [1.165, 1.54) is 35.6 Å². The normalized spacial score (nSPS) is 11.0. The van der Waals surface area contributed by atoms with Crippen LogP contribution in [-0.2, 0) is 21.4 Å². The molecule has 0 aliphatic rings. The van der Waals surface area contributed by atoms with Crippen LogP contribution in [0.1, 0.15) is 22.5 Å². The quantitative estimate of drug-likeness (QED) is 0.436. The molecule has 0 fully saturated rings. The van der Waals surface area contributed by atoms with E-state index in [0.717, 1.165) is 10.6 Å². The Morgan fingerprint density at radius 3 is 2.55 bits per heavy atom. The van der Waals surface area contributed by atoms with Crippen LogP contribution in [0, 0.1) is 11.3 Å². The summed E-state index contributed by atoms with van der Waals surface area (Å²) in [4.78, 5) is 16.7. The number of nitriles is 1. The summed E-state index contributed by atoms with van der Waals surface area (Å²) < 4.78 is 31.7. The SMILES string of the molecule is N#CCCNS(=O)(=O)c1ccc(C(=O)OCc2csc(-c3ccccc3)n2)cc1. The highest BCUT2D eigenvalue weighted by atomic mass is 32.2. The summed E-state index contributed by atoms with van der Waals surface area (Å²) >= 11 is 1.47. The van der Waals surface area contributed by atoms with Crippen molar-refractivity contribution in [1.82, 2.24) is 9.71 Å². The Bertz CT molecular complexity index is 1120. The summed E-state index contributed by atoms with van der Waals surface area (Å²) in [7, 11) is -3.72. The summed E-state index contributed by atoms with van der Waals surface area (Å²) in [6, 6.07) is 17.0. The Morgan fingerprint density at radius 2 is 1.86 bits per heavy atom. The Kier molecular flexibility index (Phi) is 6.72. The number of rotatable bonds is 8. The van der Waals surface area contributed by atoms with Gasteiger partial charge >= 0.3 is 5.97 Å². The molecular formula is C20H17N3O4S2. The van der Waals surface area contributed by atoms with Crippen molar-refractivity contribution in [3.05, 3.63) is 71.2 Å². The number of thiazole rings is 1. The number of ether oxygens (including phenoxy) is 1. The van der Waals surface area contributed by atoms with E-state index in [1.54, 1.807) is 0 Å². The second-order valence-electron chi connectivity index (χ2n) is 5.92. The lowest BCUT2D eigenvalue weighted by molar-refractivity contribution is 0.0468. The zero-order valence-electron chi connectivity index (χ0n) is 15.2. The van der Waals surface area contributed by atoms with Crippen LogP contribution in [0.5, 0.6) is 0 Å². The van der Waals surface area contributed by atoms with Crippen LogP contribution >= 0.6 is 11.3 Å². The molecular weight excluding hydrogens is 410 g/mol. The first-order valence-electron chi connectivity index (χ1n) is 8.63. The van der Waals surface area contributed by atoms with Gasteiger partial charge in [0.05, 0.1) is 22.2 Å². The smallest absolute Gasteiger partial charge is 0.338 e. The molecule has 3 aromatic rings. The number of nitrogens with zero attached hydrogens (tertiary/aromatic N) is 2. The van der Waals surface area contributed by atoms with Crippen LogP contribution < -0.4 is 4.72 Å². The lowest BCUT2D eigenvalue weighted by atomic mass is 10.2. The Balaban J connectivity index is 1.59. The molecule has 0 unspecified atom stereocenters. The van der Waals surface area contributed by atoms with Gasteiger partial charge in [0.25, 0.3) is 0 Å². The van der Waals surface area contributed by atoms with E-state index in [9.17, 15) is 13.2 Å². The number of hydrogen-bond acceptors (Lipinski definition) is 7. The fourth-order valence-corrected chi connectivity index (χ4v) is 4.25. The molecule has 0 saturated heterocycles. The molecule has 1 aromatic heterocycles. The van der Waals surface area contributed by atoms with Crippen molar-refractivity contribution in [2.75, 3.05) is 6.54 Å². The number of carbonyl (C=O) groups is 1. The minimum atomic E-state index is -3.72. The summed E-state index contributed by atoms with van der Waals surface area (Å²) in [5, 5.41) is 11.2. The molecule has 0 spiro atoms. The molecule has 0 bridgehead atoms. The van der Waals surface area contributed by atoms with Crippen LogP contribution in [0.3, 0.4) is 0 Å². The van der Waals surface area contributed by atoms with Gasteiger partial charge in [-0.1, -0.05) is 30.3 Å². The fraction of sp³-hybridized carbons (Fsp3) is 0.150. The van der Waals surface area contributed by atoms with Gasteiger partial charge in [0.15, 0.2) is 0 Å². The number of aromatic nitrogens is 1. The van der Waals surface area contributed by atoms with E-state index in [-0.39, 0.29) is 30.0 Å². The zero-order valence-corrected chi connectivity index (χ0v) is 16.9. The molecule has 29 heavy (non-hydrogen) atoms. The van der Waals surface area contributed by atoms with E-state index in [4.69, 9.17) is 10.00 Å². The van der Waals surface area contributed by atoms with Gasteiger partial charge in [-0.3, -0.25) is 0 Å². The summed E-state index contributed by atoms with van der Waals surface area (Å²) in [5.41, 5.74) is 1.87. The van der Waals surface area contributed by atoms with Gasteiger partial charge in [0.1, 0.15) is 11.6 Å². The van der Waals surface area contributed by atoms with E-state index < -0.39 is 16.0 Å². The standard InChI is InChI=1S/C20H17N3O4S2/c21-11-4-12-22-29(25,26)18-9-7-16(8-10-18)20(24)27-13-17-14-28-19(23-17)15-5-2-1-3-6-15/h1-3,5-10,14,22H,4,12-13H2. The maximum absolute atomic E-state index is 12.2. The Labute approximate surface area is 172 Å². The van der Waals surface area contributed by atoms with E-state index in [2.05, 4.69) is 9.71 Å². The number of sulfonamides is 1. The van der Waals surface area contributed by atoms with Crippen molar-refractivity contribution in [2.24, 2.45) is 0 Å². The van der Waals surface area contributed by atoms with Gasteiger partial charge in [-0.25, -0.2) is 22.9 Å². The highest BCUT2D eigenvalue weighted by molar-refractivity contribution is 7.89. The molecule has 2 aromatic carbocycles.